The van der Waals surface area contributed by atoms with Crippen molar-refractivity contribution in [3.8, 4) is 28.1 Å². The first-order valence-electron chi connectivity index (χ1n) is 11.9. The summed E-state index contributed by atoms with van der Waals surface area (Å²) >= 11 is 0. The largest absolute Gasteiger partial charge is 0.493 e. The summed E-state index contributed by atoms with van der Waals surface area (Å²) in [5, 5.41) is 4.05. The Bertz CT molecular complexity index is 1310. The van der Waals surface area contributed by atoms with Crippen LogP contribution < -0.4 is 10.1 Å². The van der Waals surface area contributed by atoms with Crippen molar-refractivity contribution < 1.29 is 18.7 Å². The van der Waals surface area contributed by atoms with E-state index in [1.165, 1.54) is 12.1 Å². The molecular formula is C29H29FN2O3. The summed E-state index contributed by atoms with van der Waals surface area (Å²) in [6.07, 6.45) is 0.941. The highest BCUT2D eigenvalue weighted by molar-refractivity contribution is 5.94. The molecular weight excluding hydrogens is 443 g/mol. The number of carbonyl (C=O) groups is 1. The van der Waals surface area contributed by atoms with Crippen LogP contribution >= 0.6 is 0 Å². The van der Waals surface area contributed by atoms with E-state index in [0.29, 0.717) is 43.5 Å². The van der Waals surface area contributed by atoms with E-state index in [1.807, 2.05) is 49.4 Å². The van der Waals surface area contributed by atoms with Crippen LogP contribution in [0.4, 0.5) is 10.1 Å². The van der Waals surface area contributed by atoms with Crippen LogP contribution in [0.15, 0.2) is 72.8 Å². The molecule has 35 heavy (non-hydrogen) atoms. The summed E-state index contributed by atoms with van der Waals surface area (Å²) in [5.74, 6) is 0.313. The number of anilines is 1. The zero-order valence-electron chi connectivity index (χ0n) is 20.0. The van der Waals surface area contributed by atoms with Crippen molar-refractivity contribution in [2.75, 3.05) is 25.1 Å². The van der Waals surface area contributed by atoms with Crippen LogP contribution in [0.25, 0.3) is 33.3 Å². The average molecular weight is 473 g/mol. The molecule has 1 N–H and O–H groups in total. The summed E-state index contributed by atoms with van der Waals surface area (Å²) in [7, 11) is 0. The summed E-state index contributed by atoms with van der Waals surface area (Å²) < 4.78 is 24.7. The van der Waals surface area contributed by atoms with Crippen LogP contribution in [0.5, 0.6) is 5.75 Å². The number of benzene rings is 3. The fourth-order valence-corrected chi connectivity index (χ4v) is 3.99. The van der Waals surface area contributed by atoms with Gasteiger partial charge in [-0.3, -0.25) is 4.79 Å². The van der Waals surface area contributed by atoms with Gasteiger partial charge in [0.1, 0.15) is 11.6 Å². The Kier molecular flexibility index (Phi) is 7.93. The predicted molar refractivity (Wildman–Crippen MR) is 138 cm³/mol. The molecule has 0 fully saturated rings. The molecule has 0 saturated carbocycles. The van der Waals surface area contributed by atoms with E-state index in [9.17, 15) is 9.18 Å². The van der Waals surface area contributed by atoms with Crippen molar-refractivity contribution >= 4 is 22.6 Å². The lowest BCUT2D eigenvalue weighted by molar-refractivity contribution is -0.143. The Morgan fingerprint density at radius 3 is 2.49 bits per heavy atom. The Labute approximate surface area is 204 Å². The van der Waals surface area contributed by atoms with Gasteiger partial charge in [-0.15, -0.1) is 0 Å². The van der Waals surface area contributed by atoms with Crippen LogP contribution in [0.2, 0.25) is 0 Å². The molecule has 1 aromatic heterocycles. The first-order chi connectivity index (χ1) is 17.1. The molecule has 4 rings (SSSR count). The summed E-state index contributed by atoms with van der Waals surface area (Å²) in [6, 6.07) is 22.6. The SMILES string of the molecule is CCOC(=O)CCCNc1cc(-c2ccc(-c3ccccc3OCC)cc2)nc2ccc(F)cc12. The zero-order valence-corrected chi connectivity index (χ0v) is 20.0. The molecule has 0 aliphatic rings. The van der Waals surface area contributed by atoms with Crippen LogP contribution in [-0.4, -0.2) is 30.7 Å². The molecule has 0 amide bonds. The van der Waals surface area contributed by atoms with Gasteiger partial charge in [-0.2, -0.15) is 0 Å². The van der Waals surface area contributed by atoms with Crippen LogP contribution in [0, 0.1) is 5.82 Å². The molecule has 5 nitrogen and oxygen atoms in total. The van der Waals surface area contributed by atoms with Gasteiger partial charge in [0.15, 0.2) is 0 Å². The molecule has 0 aliphatic heterocycles. The number of carbonyl (C=O) groups excluding carboxylic acids is 1. The van der Waals surface area contributed by atoms with Crippen molar-refractivity contribution in [3.05, 3.63) is 78.6 Å². The third kappa shape index (κ3) is 5.96. The number of nitrogens with zero attached hydrogens (tertiary/aromatic N) is 1. The monoisotopic (exact) mass is 472 g/mol. The Morgan fingerprint density at radius 1 is 0.943 bits per heavy atom. The van der Waals surface area contributed by atoms with E-state index in [4.69, 9.17) is 14.5 Å². The molecule has 0 bridgehead atoms. The number of pyridine rings is 1. The minimum Gasteiger partial charge on any atom is -0.493 e. The van der Waals surface area contributed by atoms with Gasteiger partial charge >= 0.3 is 5.97 Å². The number of aromatic nitrogens is 1. The van der Waals surface area contributed by atoms with E-state index in [2.05, 4.69) is 17.4 Å². The molecule has 0 saturated heterocycles. The summed E-state index contributed by atoms with van der Waals surface area (Å²) in [4.78, 5) is 16.4. The molecule has 1 heterocycles. The summed E-state index contributed by atoms with van der Waals surface area (Å²) in [6.45, 7) is 5.30. The van der Waals surface area contributed by atoms with E-state index in [0.717, 1.165) is 33.8 Å². The van der Waals surface area contributed by atoms with E-state index < -0.39 is 0 Å². The smallest absolute Gasteiger partial charge is 0.305 e. The van der Waals surface area contributed by atoms with Gasteiger partial charge in [0.25, 0.3) is 0 Å². The van der Waals surface area contributed by atoms with Gasteiger partial charge < -0.3 is 14.8 Å². The van der Waals surface area contributed by atoms with Crippen LogP contribution in [0.3, 0.4) is 0 Å². The van der Waals surface area contributed by atoms with Crippen molar-refractivity contribution in [1.82, 2.24) is 4.98 Å². The van der Waals surface area contributed by atoms with Crippen molar-refractivity contribution in [2.45, 2.75) is 26.7 Å². The number of para-hydroxylation sites is 1. The standard InChI is InChI=1S/C29H29FN2O3/c1-3-34-28-9-6-5-8-23(28)20-11-13-21(14-12-20)26-19-27(31-17-7-10-29(33)35-4-2)24-18-22(30)15-16-25(24)32-26/h5-6,8-9,11-16,18-19H,3-4,7,10,17H2,1-2H3,(H,31,32). The minimum atomic E-state index is -0.320. The number of rotatable bonds is 10. The molecule has 0 aliphatic carbocycles. The van der Waals surface area contributed by atoms with Gasteiger partial charge in [0, 0.05) is 35.2 Å². The molecule has 4 aromatic rings. The minimum absolute atomic E-state index is 0.216. The Morgan fingerprint density at radius 2 is 1.71 bits per heavy atom. The maximum atomic E-state index is 14.0. The second-order valence-electron chi connectivity index (χ2n) is 8.06. The fraction of sp³-hybridized carbons (Fsp3) is 0.241. The highest BCUT2D eigenvalue weighted by atomic mass is 19.1. The van der Waals surface area contributed by atoms with Gasteiger partial charge in [-0.05, 0) is 56.2 Å². The average Bonchev–Trinajstić information content (AvgIpc) is 2.87. The Hall–Kier alpha value is -3.93. The quantitative estimate of drug-likeness (QED) is 0.202. The van der Waals surface area contributed by atoms with Crippen LogP contribution in [-0.2, 0) is 9.53 Å². The number of nitrogens with one attached hydrogen (secondary N) is 1. The Balaban J connectivity index is 1.60. The van der Waals surface area contributed by atoms with Gasteiger partial charge in [0.2, 0.25) is 0 Å². The maximum Gasteiger partial charge on any atom is 0.305 e. The van der Waals surface area contributed by atoms with Crippen molar-refractivity contribution in [3.63, 3.8) is 0 Å². The molecule has 0 atom stereocenters. The second kappa shape index (κ2) is 11.5. The molecule has 3 aromatic carbocycles. The van der Waals surface area contributed by atoms with Gasteiger partial charge in [0.05, 0.1) is 24.4 Å². The van der Waals surface area contributed by atoms with E-state index in [1.54, 1.807) is 13.0 Å². The first kappa shape index (κ1) is 24.2. The predicted octanol–water partition coefficient (Wildman–Crippen LogP) is 6.86. The van der Waals surface area contributed by atoms with Crippen molar-refractivity contribution in [1.29, 1.82) is 0 Å². The number of fused-ring (bicyclic) bond motifs is 1. The third-order valence-corrected chi connectivity index (χ3v) is 5.63. The second-order valence-corrected chi connectivity index (χ2v) is 8.06. The van der Waals surface area contributed by atoms with Crippen LogP contribution in [0.1, 0.15) is 26.7 Å². The molecule has 0 unspecified atom stereocenters. The normalized spacial score (nSPS) is 10.8. The number of ether oxygens (including phenoxy) is 2. The number of halogens is 1. The highest BCUT2D eigenvalue weighted by Crippen LogP contribution is 2.33. The first-order valence-corrected chi connectivity index (χ1v) is 11.9. The zero-order chi connectivity index (χ0) is 24.6. The lowest BCUT2D eigenvalue weighted by Crippen LogP contribution is -2.08. The van der Waals surface area contributed by atoms with E-state index in [-0.39, 0.29) is 11.8 Å². The molecule has 0 spiro atoms. The number of esters is 1. The maximum absolute atomic E-state index is 14.0. The molecule has 0 radical (unpaired) electrons. The number of hydrogen-bond donors (Lipinski definition) is 1. The highest BCUT2D eigenvalue weighted by Gasteiger charge is 2.11. The molecule has 6 heteroatoms. The lowest BCUT2D eigenvalue weighted by Gasteiger charge is -2.13. The number of hydrogen-bond acceptors (Lipinski definition) is 5. The lowest BCUT2D eigenvalue weighted by atomic mass is 10.0. The summed E-state index contributed by atoms with van der Waals surface area (Å²) in [5.41, 5.74) is 5.29. The van der Waals surface area contributed by atoms with Gasteiger partial charge in [-0.25, -0.2) is 9.37 Å². The van der Waals surface area contributed by atoms with E-state index >= 15 is 0 Å². The van der Waals surface area contributed by atoms with Gasteiger partial charge in [-0.1, -0.05) is 42.5 Å². The topological polar surface area (TPSA) is 60.5 Å². The fourth-order valence-electron chi connectivity index (χ4n) is 3.99. The van der Waals surface area contributed by atoms with Crippen molar-refractivity contribution in [2.24, 2.45) is 0 Å². The molecule has 180 valence electrons. The third-order valence-electron chi connectivity index (χ3n) is 5.63.